The van der Waals surface area contributed by atoms with Crippen LogP contribution in [0.2, 0.25) is 0 Å². The van der Waals surface area contributed by atoms with Crippen molar-refractivity contribution in [2.24, 2.45) is 0 Å². The molecule has 0 unspecified atom stereocenters. The van der Waals surface area contributed by atoms with Crippen molar-refractivity contribution in [1.29, 1.82) is 0 Å². The van der Waals surface area contributed by atoms with Crippen LogP contribution in [0.25, 0.3) is 0 Å². The number of hydrogen-bond acceptors (Lipinski definition) is 5. The van der Waals surface area contributed by atoms with E-state index >= 15 is 0 Å². The largest absolute Gasteiger partial charge is 0.289 e. The maximum absolute atomic E-state index is 13.0. The van der Waals surface area contributed by atoms with E-state index in [-0.39, 0.29) is 0 Å². The average molecular weight is 417 g/mol. The molecule has 0 spiro atoms. The van der Waals surface area contributed by atoms with Crippen molar-refractivity contribution in [3.8, 4) is 0 Å². The lowest BCUT2D eigenvalue weighted by molar-refractivity contribution is -0.112. The smallest absolute Gasteiger partial charge is 0.186 e. The molecular formula is C22H24O2S3. The molecule has 0 amide bonds. The third-order valence-electron chi connectivity index (χ3n) is 6.49. The van der Waals surface area contributed by atoms with Gasteiger partial charge in [-0.05, 0) is 110 Å². The fourth-order valence-electron chi connectivity index (χ4n) is 5.01. The average Bonchev–Trinajstić information content (AvgIpc) is 3.46. The minimum absolute atomic E-state index is 0.306. The first-order valence-electron chi connectivity index (χ1n) is 10.2. The molecule has 0 N–H and O–H groups in total. The highest BCUT2D eigenvalue weighted by molar-refractivity contribution is 8.86. The summed E-state index contributed by atoms with van der Waals surface area (Å²) in [6, 6.07) is 0. The number of allylic oxidation sites excluding steroid dienone is 6. The molecule has 0 radical (unpaired) electrons. The monoisotopic (exact) mass is 416 g/mol. The van der Waals surface area contributed by atoms with Gasteiger partial charge in [0, 0.05) is 11.1 Å². The lowest BCUT2D eigenvalue weighted by atomic mass is 10.0. The van der Waals surface area contributed by atoms with E-state index in [1.165, 1.54) is 36.8 Å². The Kier molecular flexibility index (Phi) is 5.20. The molecule has 4 saturated carbocycles. The second-order valence-corrected chi connectivity index (χ2v) is 11.7. The van der Waals surface area contributed by atoms with E-state index < -0.39 is 0 Å². The molecule has 0 aromatic heterocycles. The van der Waals surface area contributed by atoms with Crippen molar-refractivity contribution in [1.82, 2.24) is 0 Å². The van der Waals surface area contributed by atoms with Gasteiger partial charge in [0.15, 0.2) is 11.6 Å². The van der Waals surface area contributed by atoms with Crippen LogP contribution in [0.3, 0.4) is 0 Å². The van der Waals surface area contributed by atoms with Crippen molar-refractivity contribution in [2.75, 3.05) is 0 Å². The summed E-state index contributed by atoms with van der Waals surface area (Å²) in [6.45, 7) is 0. The second-order valence-electron chi connectivity index (χ2n) is 8.04. The van der Waals surface area contributed by atoms with Gasteiger partial charge in [-0.2, -0.15) is 0 Å². The van der Waals surface area contributed by atoms with Crippen molar-refractivity contribution in [2.45, 2.75) is 77.0 Å². The number of Topliss-reactive ketones (excluding diaryl/α,β-unsaturated/α-hetero) is 2. The lowest BCUT2D eigenvalue weighted by Gasteiger charge is -2.03. The van der Waals surface area contributed by atoms with Crippen LogP contribution in [-0.4, -0.2) is 11.6 Å². The first-order valence-corrected chi connectivity index (χ1v) is 13.2. The minimum Gasteiger partial charge on any atom is -0.289 e. The number of carbonyl (C=O) groups is 2. The molecule has 5 aliphatic rings. The molecule has 1 heterocycles. The molecule has 142 valence electrons. The second kappa shape index (κ2) is 7.64. The zero-order valence-electron chi connectivity index (χ0n) is 15.5. The SMILES string of the molecule is O=C1C(=C2CCCC2)CC/C1=C1/SS/C(=C2\CCC(=C3CCCC3)C2=O)S1. The summed E-state index contributed by atoms with van der Waals surface area (Å²) in [5, 5.41) is 0. The van der Waals surface area contributed by atoms with E-state index in [0.29, 0.717) is 11.6 Å². The number of hydrogen-bond donors (Lipinski definition) is 0. The fourth-order valence-corrected chi connectivity index (χ4v) is 9.77. The van der Waals surface area contributed by atoms with Gasteiger partial charge in [-0.3, -0.25) is 9.59 Å². The van der Waals surface area contributed by atoms with Crippen LogP contribution in [-0.2, 0) is 9.59 Å². The highest BCUT2D eigenvalue weighted by atomic mass is 33.1. The van der Waals surface area contributed by atoms with E-state index in [2.05, 4.69) is 0 Å². The zero-order chi connectivity index (χ0) is 18.4. The molecule has 5 rings (SSSR count). The van der Waals surface area contributed by atoms with E-state index in [4.69, 9.17) is 0 Å². The van der Waals surface area contributed by atoms with E-state index in [9.17, 15) is 9.59 Å². The maximum Gasteiger partial charge on any atom is 0.186 e. The molecule has 27 heavy (non-hydrogen) atoms. The number of ketones is 2. The van der Waals surface area contributed by atoms with Crippen molar-refractivity contribution in [3.63, 3.8) is 0 Å². The van der Waals surface area contributed by atoms with Crippen LogP contribution < -0.4 is 0 Å². The molecule has 1 aliphatic heterocycles. The third-order valence-corrected chi connectivity index (χ3v) is 11.1. The fraction of sp³-hybridized carbons (Fsp3) is 0.545. The molecule has 5 fully saturated rings. The highest BCUT2D eigenvalue weighted by Crippen LogP contribution is 2.61. The molecule has 5 heteroatoms. The van der Waals surface area contributed by atoms with E-state index in [1.807, 2.05) is 0 Å². The predicted molar refractivity (Wildman–Crippen MR) is 116 cm³/mol. The molecule has 0 atom stereocenters. The zero-order valence-corrected chi connectivity index (χ0v) is 18.0. The Bertz CT molecular complexity index is 771. The maximum atomic E-state index is 13.0. The van der Waals surface area contributed by atoms with Crippen LogP contribution in [0.4, 0.5) is 0 Å². The topological polar surface area (TPSA) is 34.1 Å². The summed E-state index contributed by atoms with van der Waals surface area (Å²) in [5.41, 5.74) is 7.12. The van der Waals surface area contributed by atoms with Gasteiger partial charge in [-0.15, -0.1) is 0 Å². The van der Waals surface area contributed by atoms with Gasteiger partial charge in [-0.25, -0.2) is 0 Å². The summed E-state index contributed by atoms with van der Waals surface area (Å²) in [6.07, 6.45) is 13.1. The molecule has 1 saturated heterocycles. The first kappa shape index (κ1) is 18.4. The van der Waals surface area contributed by atoms with Crippen LogP contribution in [0.1, 0.15) is 77.0 Å². The minimum atomic E-state index is 0.306. The van der Waals surface area contributed by atoms with Crippen molar-refractivity contribution < 1.29 is 9.59 Å². The first-order chi connectivity index (χ1) is 13.2. The van der Waals surface area contributed by atoms with Crippen LogP contribution in [0.5, 0.6) is 0 Å². The molecule has 0 aromatic carbocycles. The third kappa shape index (κ3) is 3.34. The normalized spacial score (nSPS) is 32.1. The molecule has 4 aliphatic carbocycles. The van der Waals surface area contributed by atoms with Crippen LogP contribution in [0, 0.1) is 0 Å². The Labute approximate surface area is 173 Å². The number of rotatable bonds is 0. The Morgan fingerprint density at radius 3 is 1.26 bits per heavy atom. The summed E-state index contributed by atoms with van der Waals surface area (Å²) >= 11 is 1.70. The van der Waals surface area contributed by atoms with E-state index in [1.54, 1.807) is 33.3 Å². The number of carbonyl (C=O) groups excluding carboxylic acids is 2. The van der Waals surface area contributed by atoms with Gasteiger partial charge in [0.2, 0.25) is 0 Å². The molecule has 0 bridgehead atoms. The summed E-state index contributed by atoms with van der Waals surface area (Å²) in [5.74, 6) is 0.612. The summed E-state index contributed by atoms with van der Waals surface area (Å²) < 4.78 is 2.30. The van der Waals surface area contributed by atoms with Gasteiger partial charge in [-0.1, -0.05) is 22.9 Å². The van der Waals surface area contributed by atoms with E-state index in [0.717, 1.165) is 82.1 Å². The standard InChI is InChI=1S/C22H24O2S3/c23-19-15(13-5-1-2-6-13)9-11-17(19)21-25-22(27-26-21)18-12-10-16(20(18)24)14-7-3-4-8-14/h1-12H2/b21-17-,22-18+. The van der Waals surface area contributed by atoms with Gasteiger partial charge in [0.05, 0.1) is 8.47 Å². The Balaban J connectivity index is 1.39. The number of thioether (sulfide) groups is 1. The van der Waals surface area contributed by atoms with Gasteiger partial charge < -0.3 is 0 Å². The van der Waals surface area contributed by atoms with Crippen LogP contribution >= 0.6 is 33.3 Å². The molecule has 2 nitrogen and oxygen atoms in total. The predicted octanol–water partition coefficient (Wildman–Crippen LogP) is 7.00. The van der Waals surface area contributed by atoms with Gasteiger partial charge >= 0.3 is 0 Å². The van der Waals surface area contributed by atoms with Gasteiger partial charge in [0.1, 0.15) is 0 Å². The molecular weight excluding hydrogens is 392 g/mol. The van der Waals surface area contributed by atoms with Crippen LogP contribution in [0.15, 0.2) is 41.9 Å². The van der Waals surface area contributed by atoms with Crippen molar-refractivity contribution in [3.05, 3.63) is 41.9 Å². The Hall–Kier alpha value is -0.650. The highest BCUT2D eigenvalue weighted by Gasteiger charge is 2.36. The summed E-state index contributed by atoms with van der Waals surface area (Å²) in [7, 11) is 3.42. The lowest BCUT2D eigenvalue weighted by Crippen LogP contribution is -2.00. The quantitative estimate of drug-likeness (QED) is 0.313. The Morgan fingerprint density at radius 1 is 0.481 bits per heavy atom. The van der Waals surface area contributed by atoms with Gasteiger partial charge in [0.25, 0.3) is 0 Å². The molecule has 0 aromatic rings. The van der Waals surface area contributed by atoms with Crippen molar-refractivity contribution >= 4 is 44.9 Å². The summed E-state index contributed by atoms with van der Waals surface area (Å²) in [4.78, 5) is 25.9. The Morgan fingerprint density at radius 2 is 0.852 bits per heavy atom.